The van der Waals surface area contributed by atoms with Gasteiger partial charge in [-0.2, -0.15) is 0 Å². The molecule has 1 saturated carbocycles. The molecule has 0 unspecified atom stereocenters. The number of aromatic nitrogens is 3. The number of ether oxygens (including phenoxy) is 1. The second-order valence-corrected chi connectivity index (χ2v) is 7.76. The third-order valence-electron chi connectivity index (χ3n) is 4.41. The maximum Gasteiger partial charge on any atom is 0.320 e. The Balaban J connectivity index is 1.34. The first kappa shape index (κ1) is 17.6. The number of thiophene rings is 1. The van der Waals surface area contributed by atoms with Crippen molar-refractivity contribution in [1.29, 1.82) is 0 Å². The number of urea groups is 1. The monoisotopic (exact) mass is 403 g/mol. The Kier molecular flexibility index (Phi) is 4.53. The third kappa shape index (κ3) is 4.02. The summed E-state index contributed by atoms with van der Waals surface area (Å²) in [5.74, 6) is 1.76. The number of rotatable bonds is 5. The van der Waals surface area contributed by atoms with Gasteiger partial charge in [0, 0.05) is 24.5 Å². The number of hydrogen-bond acceptors (Lipinski definition) is 6. The molecule has 8 heteroatoms. The summed E-state index contributed by atoms with van der Waals surface area (Å²) in [7, 11) is 0. The van der Waals surface area contributed by atoms with Crippen LogP contribution in [0.25, 0.3) is 20.8 Å². The number of anilines is 1. The molecule has 7 nitrogen and oxygen atoms in total. The summed E-state index contributed by atoms with van der Waals surface area (Å²) in [5.41, 5.74) is 1.76. The minimum absolute atomic E-state index is 0.231. The van der Waals surface area contributed by atoms with E-state index in [9.17, 15) is 4.79 Å². The fraction of sp³-hybridized carbons (Fsp3) is 0.143. The fourth-order valence-corrected chi connectivity index (χ4v) is 3.88. The van der Waals surface area contributed by atoms with Crippen molar-refractivity contribution in [3.8, 4) is 22.1 Å². The minimum atomic E-state index is -0.231. The van der Waals surface area contributed by atoms with Crippen LogP contribution in [0.2, 0.25) is 0 Å². The van der Waals surface area contributed by atoms with Crippen molar-refractivity contribution in [2.75, 3.05) is 5.32 Å². The van der Waals surface area contributed by atoms with Crippen LogP contribution in [-0.2, 0) is 0 Å². The summed E-state index contributed by atoms with van der Waals surface area (Å²) in [6.07, 6.45) is 7.17. The van der Waals surface area contributed by atoms with Gasteiger partial charge in [0.25, 0.3) is 0 Å². The molecular formula is C21H17N5O2S. The number of carbonyl (C=O) groups is 1. The molecule has 0 radical (unpaired) electrons. The van der Waals surface area contributed by atoms with Crippen molar-refractivity contribution in [1.82, 2.24) is 20.3 Å². The average molecular weight is 403 g/mol. The molecule has 144 valence electrons. The number of fused-ring (bicyclic) bond motifs is 1. The number of amides is 2. The third-order valence-corrected chi connectivity index (χ3v) is 5.57. The van der Waals surface area contributed by atoms with Gasteiger partial charge in [0.2, 0.25) is 0 Å². The van der Waals surface area contributed by atoms with Crippen LogP contribution in [-0.4, -0.2) is 27.0 Å². The van der Waals surface area contributed by atoms with Crippen molar-refractivity contribution >= 4 is 33.4 Å². The van der Waals surface area contributed by atoms with E-state index < -0.39 is 0 Å². The highest BCUT2D eigenvalue weighted by Gasteiger charge is 2.23. The fourth-order valence-electron chi connectivity index (χ4n) is 2.84. The van der Waals surface area contributed by atoms with Crippen molar-refractivity contribution in [2.45, 2.75) is 18.9 Å². The molecule has 4 heterocycles. The molecule has 29 heavy (non-hydrogen) atoms. The zero-order valence-electron chi connectivity index (χ0n) is 15.3. The smallest absolute Gasteiger partial charge is 0.320 e. The van der Waals surface area contributed by atoms with E-state index in [0.717, 1.165) is 33.6 Å². The van der Waals surface area contributed by atoms with Crippen LogP contribution in [0, 0.1) is 0 Å². The Hall–Kier alpha value is -3.52. The Labute approximate surface area is 170 Å². The first-order chi connectivity index (χ1) is 14.2. The van der Waals surface area contributed by atoms with E-state index in [-0.39, 0.29) is 6.03 Å². The molecule has 0 aromatic carbocycles. The number of carbonyl (C=O) groups excluding carboxylic acids is 1. The van der Waals surface area contributed by atoms with Crippen LogP contribution < -0.4 is 15.4 Å². The van der Waals surface area contributed by atoms with Gasteiger partial charge < -0.3 is 10.1 Å². The van der Waals surface area contributed by atoms with Gasteiger partial charge in [-0.05, 0) is 43.2 Å². The van der Waals surface area contributed by atoms with Crippen molar-refractivity contribution in [3.63, 3.8) is 0 Å². The van der Waals surface area contributed by atoms with E-state index >= 15 is 0 Å². The lowest BCUT2D eigenvalue weighted by molar-refractivity contribution is 0.251. The topological polar surface area (TPSA) is 89.0 Å². The highest BCUT2D eigenvalue weighted by atomic mass is 32.1. The average Bonchev–Trinajstić information content (AvgIpc) is 3.44. The molecule has 1 fully saturated rings. The summed E-state index contributed by atoms with van der Waals surface area (Å²) in [4.78, 5) is 25.9. The van der Waals surface area contributed by atoms with Gasteiger partial charge in [0.1, 0.15) is 17.3 Å². The highest BCUT2D eigenvalue weighted by molar-refractivity contribution is 7.22. The van der Waals surface area contributed by atoms with E-state index in [4.69, 9.17) is 4.74 Å². The molecule has 1 aliphatic carbocycles. The van der Waals surface area contributed by atoms with Crippen LogP contribution >= 0.6 is 11.3 Å². The molecule has 4 aromatic rings. The molecule has 5 rings (SSSR count). The van der Waals surface area contributed by atoms with Gasteiger partial charge in [0.15, 0.2) is 0 Å². The molecule has 0 bridgehead atoms. The molecule has 0 saturated heterocycles. The lowest BCUT2D eigenvalue weighted by Gasteiger charge is -2.08. The highest BCUT2D eigenvalue weighted by Crippen LogP contribution is 2.38. The minimum Gasteiger partial charge on any atom is -0.454 e. The molecular weight excluding hydrogens is 386 g/mol. The maximum absolute atomic E-state index is 11.8. The van der Waals surface area contributed by atoms with E-state index in [2.05, 4.69) is 25.6 Å². The Bertz CT molecular complexity index is 1160. The van der Waals surface area contributed by atoms with Crippen LogP contribution in [0.15, 0.2) is 61.1 Å². The van der Waals surface area contributed by atoms with E-state index in [1.165, 1.54) is 0 Å². The molecule has 0 spiro atoms. The first-order valence-electron chi connectivity index (χ1n) is 9.26. The summed E-state index contributed by atoms with van der Waals surface area (Å²) in [6.45, 7) is 0. The Morgan fingerprint density at radius 3 is 2.76 bits per heavy atom. The molecule has 2 N–H and O–H groups in total. The zero-order valence-corrected chi connectivity index (χ0v) is 16.1. The Morgan fingerprint density at radius 2 is 2.00 bits per heavy atom. The summed E-state index contributed by atoms with van der Waals surface area (Å²) in [6, 6.07) is 13.2. The standard InChI is InChI=1S/C21H17N5O2S/c27-21(25-13-4-5-13)26-19-7-6-14(12-24-19)28-17-8-10-23-16-11-18(29-20(16)17)15-3-1-2-9-22-15/h1-3,6-13H,4-5H2,(H2,24,25,26,27). The SMILES string of the molecule is O=C(Nc1ccc(Oc2ccnc3cc(-c4ccccn4)sc23)cn1)NC1CC1. The van der Waals surface area contributed by atoms with E-state index in [0.29, 0.717) is 23.4 Å². The summed E-state index contributed by atoms with van der Waals surface area (Å²) >= 11 is 1.58. The molecule has 2 amide bonds. The number of pyridine rings is 3. The molecule has 1 aliphatic rings. The second kappa shape index (κ2) is 7.48. The maximum atomic E-state index is 11.8. The van der Waals surface area contributed by atoms with Gasteiger partial charge >= 0.3 is 6.03 Å². The van der Waals surface area contributed by atoms with Gasteiger partial charge in [-0.25, -0.2) is 9.78 Å². The van der Waals surface area contributed by atoms with Gasteiger partial charge in [-0.1, -0.05) is 6.07 Å². The number of nitrogens with zero attached hydrogens (tertiary/aromatic N) is 3. The van der Waals surface area contributed by atoms with Gasteiger partial charge in [0.05, 0.1) is 27.0 Å². The van der Waals surface area contributed by atoms with Gasteiger partial charge in [-0.3, -0.25) is 15.3 Å². The van der Waals surface area contributed by atoms with Crippen LogP contribution in [0.1, 0.15) is 12.8 Å². The predicted octanol–water partition coefficient (Wildman–Crippen LogP) is 4.83. The lowest BCUT2D eigenvalue weighted by atomic mass is 10.3. The number of hydrogen-bond donors (Lipinski definition) is 2. The van der Waals surface area contributed by atoms with Crippen molar-refractivity contribution in [2.24, 2.45) is 0 Å². The van der Waals surface area contributed by atoms with Crippen molar-refractivity contribution < 1.29 is 9.53 Å². The second-order valence-electron chi connectivity index (χ2n) is 6.70. The summed E-state index contributed by atoms with van der Waals surface area (Å²) < 4.78 is 6.98. The zero-order chi connectivity index (χ0) is 19.6. The van der Waals surface area contributed by atoms with Crippen LogP contribution in [0.4, 0.5) is 10.6 Å². The quantitative estimate of drug-likeness (QED) is 0.498. The largest absolute Gasteiger partial charge is 0.454 e. The van der Waals surface area contributed by atoms with Crippen molar-refractivity contribution in [3.05, 3.63) is 61.1 Å². The summed E-state index contributed by atoms with van der Waals surface area (Å²) in [5, 5.41) is 5.58. The van der Waals surface area contributed by atoms with E-state index in [1.54, 1.807) is 42.1 Å². The molecule has 0 aliphatic heterocycles. The molecule has 0 atom stereocenters. The first-order valence-corrected chi connectivity index (χ1v) is 10.1. The number of nitrogens with one attached hydrogen (secondary N) is 2. The normalized spacial score (nSPS) is 13.2. The van der Waals surface area contributed by atoms with E-state index in [1.807, 2.05) is 30.3 Å². The van der Waals surface area contributed by atoms with Crippen LogP contribution in [0.3, 0.4) is 0 Å². The molecule has 4 aromatic heterocycles. The van der Waals surface area contributed by atoms with Gasteiger partial charge in [-0.15, -0.1) is 11.3 Å². The lowest BCUT2D eigenvalue weighted by Crippen LogP contribution is -2.30. The Morgan fingerprint density at radius 1 is 1.07 bits per heavy atom. The van der Waals surface area contributed by atoms with Crippen LogP contribution in [0.5, 0.6) is 11.5 Å². The predicted molar refractivity (Wildman–Crippen MR) is 112 cm³/mol.